The zero-order chi connectivity index (χ0) is 34.4. The Kier molecular flexibility index (Phi) is 7.52. The highest BCUT2D eigenvalue weighted by Gasteiger charge is 2.59. The molecule has 1 aliphatic carbocycles. The molecular weight excluding hydrogens is 700 g/mol. The van der Waals surface area contributed by atoms with E-state index in [2.05, 4.69) is 15.3 Å². The normalized spacial score (nSPS) is 22.6. The van der Waals surface area contributed by atoms with Gasteiger partial charge in [-0.15, -0.1) is 0 Å². The minimum atomic E-state index is -5.26. The second kappa shape index (κ2) is 11.1. The van der Waals surface area contributed by atoms with Gasteiger partial charge in [0.05, 0.1) is 39.0 Å². The van der Waals surface area contributed by atoms with Gasteiger partial charge in [0.15, 0.2) is 20.8 Å². The van der Waals surface area contributed by atoms with Crippen LogP contribution in [0, 0.1) is 23.5 Å². The van der Waals surface area contributed by atoms with Gasteiger partial charge in [0.1, 0.15) is 10.7 Å². The average molecular weight is 727 g/mol. The molecule has 4 heterocycles. The predicted octanol–water partition coefficient (Wildman–Crippen LogP) is 5.81. The smallest absolute Gasteiger partial charge is 0.351 e. The highest BCUT2D eigenvalue weighted by atomic mass is 32.2. The number of sulfone groups is 1. The molecule has 0 amide bonds. The van der Waals surface area contributed by atoms with E-state index in [1.165, 1.54) is 29.7 Å². The second-order valence-electron chi connectivity index (χ2n) is 12.6. The van der Waals surface area contributed by atoms with E-state index in [0.29, 0.717) is 34.4 Å². The van der Waals surface area contributed by atoms with Crippen LogP contribution in [0.4, 0.5) is 38.7 Å². The van der Waals surface area contributed by atoms with E-state index >= 15 is 4.39 Å². The van der Waals surface area contributed by atoms with Crippen molar-refractivity contribution in [2.45, 2.75) is 42.9 Å². The predicted molar refractivity (Wildman–Crippen MR) is 170 cm³/mol. The van der Waals surface area contributed by atoms with E-state index in [4.69, 9.17) is 4.98 Å². The third-order valence-corrected chi connectivity index (χ3v) is 13.3. The topological polar surface area (TPSA) is 134 Å². The number of alkyl halides is 3. The molecular formula is C30H27F5N6O4S3. The van der Waals surface area contributed by atoms with Crippen LogP contribution in [0.1, 0.15) is 25.8 Å². The van der Waals surface area contributed by atoms with Crippen LogP contribution in [0.15, 0.2) is 53.6 Å². The van der Waals surface area contributed by atoms with Gasteiger partial charge in [0.2, 0.25) is 5.95 Å². The van der Waals surface area contributed by atoms with Gasteiger partial charge in [-0.2, -0.15) is 13.2 Å². The molecule has 3 aliphatic rings. The van der Waals surface area contributed by atoms with Crippen molar-refractivity contribution in [3.8, 4) is 21.8 Å². The molecule has 3 atom stereocenters. The summed E-state index contributed by atoms with van der Waals surface area (Å²) >= 11 is 1.22. The number of benzene rings is 2. The molecule has 3 fully saturated rings. The van der Waals surface area contributed by atoms with Crippen LogP contribution in [-0.2, 0) is 26.0 Å². The van der Waals surface area contributed by atoms with Crippen molar-refractivity contribution in [2.75, 3.05) is 33.0 Å². The summed E-state index contributed by atoms with van der Waals surface area (Å²) in [5.41, 5.74) is -2.42. The summed E-state index contributed by atoms with van der Waals surface area (Å²) in [5.74, 6) is -2.43. The first-order valence-electron chi connectivity index (χ1n) is 14.7. The summed E-state index contributed by atoms with van der Waals surface area (Å²) in [6.07, 6.45) is -2.84. The fourth-order valence-electron chi connectivity index (χ4n) is 6.27. The van der Waals surface area contributed by atoms with Crippen LogP contribution in [0.25, 0.3) is 21.8 Å². The largest absolute Gasteiger partial charge is 0.417 e. The van der Waals surface area contributed by atoms with Gasteiger partial charge in [-0.1, -0.05) is 23.5 Å². The number of hydrogen-bond donors (Lipinski definition) is 2. The number of thiazole rings is 1. The zero-order valence-corrected chi connectivity index (χ0v) is 27.7. The maximum atomic E-state index is 16.3. The Labute approximate surface area is 276 Å². The number of sulfonamides is 1. The first-order chi connectivity index (χ1) is 22.5. The van der Waals surface area contributed by atoms with Crippen molar-refractivity contribution in [3.63, 3.8) is 0 Å². The van der Waals surface area contributed by atoms with Crippen molar-refractivity contribution < 1.29 is 38.8 Å². The van der Waals surface area contributed by atoms with Gasteiger partial charge < -0.3 is 10.2 Å². The van der Waals surface area contributed by atoms with E-state index in [9.17, 15) is 34.4 Å². The van der Waals surface area contributed by atoms with E-state index in [1.54, 1.807) is 10.8 Å². The molecule has 2 aromatic heterocycles. The number of aromatic nitrogens is 3. The molecule has 254 valence electrons. The van der Waals surface area contributed by atoms with Gasteiger partial charge in [-0.3, -0.25) is 4.72 Å². The first kappa shape index (κ1) is 32.6. The summed E-state index contributed by atoms with van der Waals surface area (Å²) in [6, 6.07) is 6.86. The molecule has 48 heavy (non-hydrogen) atoms. The number of anilines is 3. The Hall–Kier alpha value is -3.90. The van der Waals surface area contributed by atoms with Crippen molar-refractivity contribution in [2.24, 2.45) is 11.8 Å². The van der Waals surface area contributed by atoms with E-state index in [1.807, 2.05) is 18.7 Å². The molecule has 4 aromatic rings. The second-order valence-corrected chi connectivity index (χ2v) is 17.4. The molecule has 18 heteroatoms. The SMILES string of the molecule is CC1(C)CCN1c1nc(-c2cccc(NS(=O)(=O)c3c(F)cccc3C(F)(F)F)c2F)c(-c2ccnc(N[C@H]3[C@@H]4CS(=O)(=O)C[C@@H]43)n2)s1. The molecule has 2 aromatic carbocycles. The number of rotatable bonds is 8. The summed E-state index contributed by atoms with van der Waals surface area (Å²) in [4.78, 5) is 14.4. The van der Waals surface area contributed by atoms with Gasteiger partial charge in [0.25, 0.3) is 10.0 Å². The van der Waals surface area contributed by atoms with Crippen molar-refractivity contribution in [1.29, 1.82) is 0 Å². The monoisotopic (exact) mass is 726 g/mol. The van der Waals surface area contributed by atoms with Crippen LogP contribution >= 0.6 is 11.3 Å². The molecule has 10 nitrogen and oxygen atoms in total. The molecule has 2 saturated heterocycles. The number of hydrogen-bond acceptors (Lipinski definition) is 10. The van der Waals surface area contributed by atoms with Gasteiger partial charge in [-0.05, 0) is 62.4 Å². The van der Waals surface area contributed by atoms with E-state index < -0.39 is 53.8 Å². The molecule has 0 spiro atoms. The standard InChI is InChI=1S/C30H27F5N6O4S3/c1-29(2)10-12-41(29)28-39-24(25(46-28)21-9-11-36-27(37-21)38-23-16-13-47(42,43)14-17(16)23)15-5-3-8-20(22(15)32)40-48(44,45)26-18(30(33,34)35)6-4-7-19(26)31/h3-9,11,16-17,23,40H,10,12-14H2,1-2H3,(H,36,37,38)/t16-,17+,23+. The van der Waals surface area contributed by atoms with Crippen molar-refractivity contribution in [3.05, 3.63) is 65.9 Å². The fourth-order valence-corrected chi connectivity index (χ4v) is 11.1. The summed E-state index contributed by atoms with van der Waals surface area (Å²) in [7, 11) is -8.32. The summed E-state index contributed by atoms with van der Waals surface area (Å²) in [5, 5.41) is 3.74. The molecule has 0 unspecified atom stereocenters. The molecule has 2 aliphatic heterocycles. The third-order valence-electron chi connectivity index (χ3n) is 8.97. The van der Waals surface area contributed by atoms with Crippen LogP contribution in [0.5, 0.6) is 0 Å². The van der Waals surface area contributed by atoms with Gasteiger partial charge in [-0.25, -0.2) is 40.6 Å². The number of fused-ring (bicyclic) bond motifs is 1. The Morgan fingerprint density at radius 2 is 1.73 bits per heavy atom. The maximum Gasteiger partial charge on any atom is 0.417 e. The zero-order valence-electron chi connectivity index (χ0n) is 25.2. The van der Waals surface area contributed by atoms with Crippen LogP contribution < -0.4 is 14.9 Å². The van der Waals surface area contributed by atoms with Crippen molar-refractivity contribution in [1.82, 2.24) is 15.0 Å². The minimum absolute atomic E-state index is 0.0290. The first-order valence-corrected chi connectivity index (χ1v) is 18.8. The summed E-state index contributed by atoms with van der Waals surface area (Å²) < 4.78 is 124. The van der Waals surface area contributed by atoms with Crippen LogP contribution in [0.2, 0.25) is 0 Å². The fraction of sp³-hybridized carbons (Fsp3) is 0.367. The molecule has 0 bridgehead atoms. The number of halogens is 5. The highest BCUT2D eigenvalue weighted by molar-refractivity contribution is 7.92. The lowest BCUT2D eigenvalue weighted by Crippen LogP contribution is -2.56. The third kappa shape index (κ3) is 5.76. The average Bonchev–Trinajstić information content (AvgIpc) is 3.28. The van der Waals surface area contributed by atoms with E-state index in [0.717, 1.165) is 18.6 Å². The Bertz CT molecular complexity index is 2160. The molecule has 1 saturated carbocycles. The van der Waals surface area contributed by atoms with Crippen LogP contribution in [-0.4, -0.2) is 61.4 Å². The lowest BCUT2D eigenvalue weighted by molar-refractivity contribution is -0.140. The Morgan fingerprint density at radius 3 is 2.38 bits per heavy atom. The highest BCUT2D eigenvalue weighted by Crippen LogP contribution is 2.49. The molecule has 0 radical (unpaired) electrons. The Balaban J connectivity index is 1.26. The lowest BCUT2D eigenvalue weighted by atomic mass is 9.90. The quantitative estimate of drug-likeness (QED) is 0.216. The lowest BCUT2D eigenvalue weighted by Gasteiger charge is -2.48. The number of nitrogens with one attached hydrogen (secondary N) is 2. The maximum absolute atomic E-state index is 16.3. The minimum Gasteiger partial charge on any atom is -0.351 e. The van der Waals surface area contributed by atoms with E-state index in [-0.39, 0.29) is 52.1 Å². The molecule has 2 N–H and O–H groups in total. The summed E-state index contributed by atoms with van der Waals surface area (Å²) in [6.45, 7) is 4.71. The van der Waals surface area contributed by atoms with Crippen LogP contribution in [0.3, 0.4) is 0 Å². The van der Waals surface area contributed by atoms with Gasteiger partial charge in [0, 0.05) is 29.9 Å². The Morgan fingerprint density at radius 1 is 1.02 bits per heavy atom. The van der Waals surface area contributed by atoms with Crippen molar-refractivity contribution >= 4 is 48.0 Å². The number of nitrogens with zero attached hydrogens (tertiary/aromatic N) is 4. The van der Waals surface area contributed by atoms with Gasteiger partial charge >= 0.3 is 6.18 Å². The molecule has 7 rings (SSSR count).